The number of aromatic nitrogens is 5. The summed E-state index contributed by atoms with van der Waals surface area (Å²) in [5.74, 6) is -0.852. The summed E-state index contributed by atoms with van der Waals surface area (Å²) in [6.07, 6.45) is 2.02. The second-order valence-corrected chi connectivity index (χ2v) is 8.06. The van der Waals surface area contributed by atoms with Crippen LogP contribution in [0.4, 0.5) is 5.82 Å². The number of hydrogen-bond donors (Lipinski definition) is 3. The zero-order valence-corrected chi connectivity index (χ0v) is 19.3. The Labute approximate surface area is 199 Å². The van der Waals surface area contributed by atoms with Gasteiger partial charge in [-0.2, -0.15) is 9.78 Å². The van der Waals surface area contributed by atoms with Crippen LogP contribution in [0.2, 0.25) is 0 Å². The van der Waals surface area contributed by atoms with Gasteiger partial charge in [-0.25, -0.2) is 4.98 Å². The Kier molecular flexibility index (Phi) is 5.40. The normalized spacial score (nSPS) is 11.2. The van der Waals surface area contributed by atoms with Crippen molar-refractivity contribution in [3.8, 4) is 17.4 Å². The van der Waals surface area contributed by atoms with Crippen molar-refractivity contribution in [2.24, 2.45) is 0 Å². The number of ketones is 1. The molecule has 0 spiro atoms. The van der Waals surface area contributed by atoms with E-state index in [4.69, 9.17) is 4.42 Å². The molecule has 0 atom stereocenters. The first kappa shape index (κ1) is 22.1. The molecule has 5 rings (SSSR count). The van der Waals surface area contributed by atoms with Gasteiger partial charge < -0.3 is 14.7 Å². The zero-order chi connectivity index (χ0) is 24.7. The Balaban J connectivity index is 1.56. The summed E-state index contributed by atoms with van der Waals surface area (Å²) in [5, 5.41) is 7.75. The van der Waals surface area contributed by atoms with Crippen LogP contribution < -0.4 is 10.9 Å². The quantitative estimate of drug-likeness (QED) is 0.255. The molecule has 10 nitrogen and oxygen atoms in total. The number of amides is 1. The van der Waals surface area contributed by atoms with Crippen LogP contribution in [0.15, 0.2) is 57.9 Å². The van der Waals surface area contributed by atoms with Crippen molar-refractivity contribution in [1.82, 2.24) is 24.7 Å². The van der Waals surface area contributed by atoms with E-state index in [9.17, 15) is 14.4 Å². The van der Waals surface area contributed by atoms with Crippen molar-refractivity contribution in [1.29, 1.82) is 0 Å². The van der Waals surface area contributed by atoms with Gasteiger partial charge in [0.1, 0.15) is 11.5 Å². The first-order chi connectivity index (χ1) is 16.9. The Morgan fingerprint density at radius 2 is 1.91 bits per heavy atom. The van der Waals surface area contributed by atoms with Gasteiger partial charge in [-0.1, -0.05) is 25.1 Å². The van der Waals surface area contributed by atoms with Crippen molar-refractivity contribution in [2.75, 3.05) is 5.32 Å². The second-order valence-electron chi connectivity index (χ2n) is 8.06. The molecule has 5 aromatic rings. The SMILES string of the molecule is CCc1c(C)nc(-n2nc(-c3ccco3)cc2NC(=O)C(=O)c2c(C)[nH]c3ccccc23)[nH]c1=O. The summed E-state index contributed by atoms with van der Waals surface area (Å²) in [6, 6.07) is 12.2. The van der Waals surface area contributed by atoms with Crippen molar-refractivity contribution in [3.05, 3.63) is 81.6 Å². The number of hydrogen-bond acceptors (Lipinski definition) is 6. The number of rotatable bonds is 6. The molecule has 0 bridgehead atoms. The number of Topliss-reactive ketones (excluding diaryl/α,β-unsaturated/α-hetero) is 1. The van der Waals surface area contributed by atoms with Crippen LogP contribution in [0.5, 0.6) is 0 Å². The minimum absolute atomic E-state index is 0.105. The highest BCUT2D eigenvalue weighted by molar-refractivity contribution is 6.48. The number of aromatic amines is 2. The molecule has 0 aliphatic carbocycles. The number of anilines is 1. The molecule has 0 aliphatic rings. The van der Waals surface area contributed by atoms with Crippen molar-refractivity contribution in [2.45, 2.75) is 27.2 Å². The number of aryl methyl sites for hydroxylation is 2. The molecule has 0 saturated heterocycles. The van der Waals surface area contributed by atoms with Gasteiger partial charge in [-0.15, -0.1) is 0 Å². The van der Waals surface area contributed by atoms with Gasteiger partial charge in [0.25, 0.3) is 17.2 Å². The number of nitrogens with zero attached hydrogens (tertiary/aromatic N) is 3. The lowest BCUT2D eigenvalue weighted by Gasteiger charge is -2.09. The van der Waals surface area contributed by atoms with E-state index in [0.717, 1.165) is 5.52 Å². The van der Waals surface area contributed by atoms with Gasteiger partial charge in [0, 0.05) is 33.9 Å². The Hall–Kier alpha value is -4.73. The van der Waals surface area contributed by atoms with E-state index in [1.54, 1.807) is 44.2 Å². The molecule has 1 amide bonds. The van der Waals surface area contributed by atoms with E-state index in [0.29, 0.717) is 45.8 Å². The van der Waals surface area contributed by atoms with Crippen molar-refractivity contribution < 1.29 is 14.0 Å². The molecule has 0 aliphatic heterocycles. The third kappa shape index (κ3) is 3.84. The Bertz CT molecular complexity index is 1640. The lowest BCUT2D eigenvalue weighted by atomic mass is 10.1. The number of fused-ring (bicyclic) bond motifs is 1. The van der Waals surface area contributed by atoms with Crippen LogP contribution in [-0.2, 0) is 11.2 Å². The fourth-order valence-corrected chi connectivity index (χ4v) is 4.14. The Morgan fingerprint density at radius 3 is 2.63 bits per heavy atom. The number of furan rings is 1. The molecular formula is C25H22N6O4. The van der Waals surface area contributed by atoms with Crippen molar-refractivity contribution in [3.63, 3.8) is 0 Å². The highest BCUT2D eigenvalue weighted by Gasteiger charge is 2.25. The van der Waals surface area contributed by atoms with Crippen LogP contribution in [0.25, 0.3) is 28.3 Å². The van der Waals surface area contributed by atoms with Crippen LogP contribution >= 0.6 is 0 Å². The molecule has 0 radical (unpaired) electrons. The molecular weight excluding hydrogens is 448 g/mol. The molecule has 4 aromatic heterocycles. The monoisotopic (exact) mass is 470 g/mol. The van der Waals surface area contributed by atoms with E-state index in [2.05, 4.69) is 25.4 Å². The van der Waals surface area contributed by atoms with Crippen LogP contribution in [0.1, 0.15) is 34.2 Å². The minimum Gasteiger partial charge on any atom is -0.463 e. The van der Waals surface area contributed by atoms with E-state index in [1.807, 2.05) is 19.1 Å². The number of benzene rings is 1. The lowest BCUT2D eigenvalue weighted by Crippen LogP contribution is -2.26. The first-order valence-electron chi connectivity index (χ1n) is 11.0. The molecule has 1 aromatic carbocycles. The third-order valence-electron chi connectivity index (χ3n) is 5.82. The Morgan fingerprint density at radius 1 is 1.11 bits per heavy atom. The number of carbonyl (C=O) groups excluding carboxylic acids is 2. The van der Waals surface area contributed by atoms with Crippen LogP contribution in [0.3, 0.4) is 0 Å². The predicted molar refractivity (Wildman–Crippen MR) is 130 cm³/mol. The fraction of sp³-hybridized carbons (Fsp3) is 0.160. The largest absolute Gasteiger partial charge is 0.463 e. The predicted octanol–water partition coefficient (Wildman–Crippen LogP) is 3.70. The average Bonchev–Trinajstić information content (AvgIpc) is 3.56. The molecule has 10 heteroatoms. The molecule has 35 heavy (non-hydrogen) atoms. The maximum absolute atomic E-state index is 13.2. The lowest BCUT2D eigenvalue weighted by molar-refractivity contribution is -0.112. The van der Waals surface area contributed by atoms with Gasteiger partial charge in [-0.05, 0) is 38.5 Å². The average molecular weight is 470 g/mol. The number of para-hydroxylation sites is 1. The second kappa shape index (κ2) is 8.56. The first-order valence-corrected chi connectivity index (χ1v) is 11.0. The van der Waals surface area contributed by atoms with Crippen LogP contribution in [0, 0.1) is 13.8 Å². The van der Waals surface area contributed by atoms with E-state index in [-0.39, 0.29) is 17.3 Å². The molecule has 3 N–H and O–H groups in total. The highest BCUT2D eigenvalue weighted by atomic mass is 16.3. The maximum atomic E-state index is 13.2. The topological polar surface area (TPSA) is 139 Å². The standard InChI is InChI=1S/C25H22N6O4/c1-4-15-13(2)27-25(29-23(15)33)31-20(12-18(30-31)19-10-7-11-35-19)28-24(34)22(32)21-14(3)26-17-9-6-5-8-16(17)21/h5-12,26H,4H2,1-3H3,(H,28,34)(H,27,29,33). The molecule has 0 unspecified atom stereocenters. The molecule has 176 valence electrons. The summed E-state index contributed by atoms with van der Waals surface area (Å²) < 4.78 is 6.71. The summed E-state index contributed by atoms with van der Waals surface area (Å²) in [6.45, 7) is 5.34. The molecule has 0 saturated carbocycles. The summed E-state index contributed by atoms with van der Waals surface area (Å²) in [7, 11) is 0. The number of carbonyl (C=O) groups is 2. The summed E-state index contributed by atoms with van der Waals surface area (Å²) in [5.41, 5.74) is 2.85. The minimum atomic E-state index is -0.853. The molecule has 4 heterocycles. The van der Waals surface area contributed by atoms with E-state index >= 15 is 0 Å². The molecule has 0 fully saturated rings. The fourth-order valence-electron chi connectivity index (χ4n) is 4.14. The number of H-pyrrole nitrogens is 2. The summed E-state index contributed by atoms with van der Waals surface area (Å²) in [4.78, 5) is 49.1. The third-order valence-corrected chi connectivity index (χ3v) is 5.82. The van der Waals surface area contributed by atoms with E-state index < -0.39 is 11.7 Å². The van der Waals surface area contributed by atoms with Gasteiger partial charge in [0.05, 0.1) is 11.8 Å². The smallest absolute Gasteiger partial charge is 0.298 e. The van der Waals surface area contributed by atoms with Crippen LogP contribution in [-0.4, -0.2) is 36.4 Å². The van der Waals surface area contributed by atoms with Gasteiger partial charge in [0.15, 0.2) is 5.76 Å². The summed E-state index contributed by atoms with van der Waals surface area (Å²) >= 11 is 0. The van der Waals surface area contributed by atoms with E-state index in [1.165, 1.54) is 10.9 Å². The zero-order valence-electron chi connectivity index (χ0n) is 19.3. The maximum Gasteiger partial charge on any atom is 0.298 e. The highest BCUT2D eigenvalue weighted by Crippen LogP contribution is 2.26. The van der Waals surface area contributed by atoms with Gasteiger partial charge in [-0.3, -0.25) is 19.4 Å². The number of nitrogens with one attached hydrogen (secondary N) is 3. The van der Waals surface area contributed by atoms with Gasteiger partial charge >= 0.3 is 0 Å². The van der Waals surface area contributed by atoms with Gasteiger partial charge in [0.2, 0.25) is 5.95 Å². The van der Waals surface area contributed by atoms with Crippen molar-refractivity contribution >= 4 is 28.4 Å².